The molecule has 29 heavy (non-hydrogen) atoms. The van der Waals surface area contributed by atoms with Crippen LogP contribution in [0, 0.1) is 11.8 Å². The molecule has 0 amide bonds. The van der Waals surface area contributed by atoms with E-state index in [1.807, 2.05) is 12.1 Å². The number of alkyl halides is 3. The van der Waals surface area contributed by atoms with Crippen LogP contribution in [0.4, 0.5) is 13.2 Å². The normalized spacial score (nSPS) is 22.0. The zero-order valence-electron chi connectivity index (χ0n) is 15.4. The summed E-state index contributed by atoms with van der Waals surface area (Å²) in [4.78, 5) is 27.9. The number of halogens is 3. The lowest BCUT2D eigenvalue weighted by Crippen LogP contribution is -2.38. The summed E-state index contributed by atoms with van der Waals surface area (Å²) in [6, 6.07) is 8.91. The maximum atomic E-state index is 13.0. The fraction of sp³-hybridized carbons (Fsp3) is 0.286. The third-order valence-electron chi connectivity index (χ3n) is 4.73. The van der Waals surface area contributed by atoms with Gasteiger partial charge < -0.3 is 9.47 Å². The molecule has 1 aromatic heterocycles. The number of carbonyl (C=O) groups excluding carboxylic acids is 2. The molecule has 5 nitrogen and oxygen atoms in total. The predicted molar refractivity (Wildman–Crippen MR) is 98.9 cm³/mol. The number of hydrogen-bond donors (Lipinski definition) is 0. The van der Waals surface area contributed by atoms with E-state index in [1.165, 1.54) is 25.3 Å². The number of aromatic nitrogens is 1. The molecule has 1 aliphatic rings. The Morgan fingerprint density at radius 3 is 2.62 bits per heavy atom. The van der Waals surface area contributed by atoms with Gasteiger partial charge in [0, 0.05) is 29.7 Å². The van der Waals surface area contributed by atoms with E-state index < -0.39 is 36.1 Å². The summed E-state index contributed by atoms with van der Waals surface area (Å²) in [5, 5.41) is 1.45. The number of rotatable bonds is 4. The van der Waals surface area contributed by atoms with E-state index in [0.717, 1.165) is 17.5 Å². The largest absolute Gasteiger partial charge is 0.455 e. The fourth-order valence-electron chi connectivity index (χ4n) is 3.17. The number of esters is 2. The lowest BCUT2D eigenvalue weighted by molar-refractivity contribution is -0.198. The lowest BCUT2D eigenvalue weighted by Gasteiger charge is -2.32. The van der Waals surface area contributed by atoms with Gasteiger partial charge >= 0.3 is 18.1 Å². The third-order valence-corrected chi connectivity index (χ3v) is 4.73. The van der Waals surface area contributed by atoms with E-state index >= 15 is 0 Å². The number of ether oxygens (including phenoxy) is 2. The van der Waals surface area contributed by atoms with E-state index in [9.17, 15) is 22.8 Å². The van der Waals surface area contributed by atoms with Crippen LogP contribution in [0.25, 0.3) is 10.8 Å². The van der Waals surface area contributed by atoms with Crippen LogP contribution in [0.1, 0.15) is 13.3 Å². The predicted octanol–water partition coefficient (Wildman–Crippen LogP) is 4.38. The zero-order valence-corrected chi connectivity index (χ0v) is 15.4. The average molecular weight is 405 g/mol. The molecule has 1 aliphatic carbocycles. The Bertz CT molecular complexity index is 963. The number of nitrogens with zero attached hydrogens (tertiary/aromatic N) is 1. The van der Waals surface area contributed by atoms with Crippen LogP contribution in [-0.2, 0) is 14.3 Å². The second-order valence-electron chi connectivity index (χ2n) is 6.66. The van der Waals surface area contributed by atoms with Gasteiger partial charge in [-0.05, 0) is 30.0 Å². The second-order valence-corrected chi connectivity index (χ2v) is 6.66. The van der Waals surface area contributed by atoms with Crippen LogP contribution in [0.5, 0.6) is 5.88 Å². The van der Waals surface area contributed by atoms with Gasteiger partial charge in [-0.2, -0.15) is 13.2 Å². The maximum absolute atomic E-state index is 13.0. The topological polar surface area (TPSA) is 65.5 Å². The SMILES string of the molecule is CC1C(OC(=O)/C=C\C(=O)Oc2nccc3ccccc23)C=CCC1C(F)(F)F. The summed E-state index contributed by atoms with van der Waals surface area (Å²) in [6.07, 6.45) is 0.380. The number of benzene rings is 1. The van der Waals surface area contributed by atoms with Crippen molar-refractivity contribution < 1.29 is 32.2 Å². The van der Waals surface area contributed by atoms with Crippen molar-refractivity contribution >= 4 is 22.7 Å². The van der Waals surface area contributed by atoms with E-state index in [2.05, 4.69) is 4.98 Å². The number of fused-ring (bicyclic) bond motifs is 1. The first-order valence-corrected chi connectivity index (χ1v) is 8.93. The van der Waals surface area contributed by atoms with Gasteiger partial charge in [-0.15, -0.1) is 0 Å². The van der Waals surface area contributed by atoms with Crippen molar-refractivity contribution in [3.63, 3.8) is 0 Å². The molecule has 2 aromatic rings. The third kappa shape index (κ3) is 5.01. The molecule has 0 saturated heterocycles. The first-order chi connectivity index (χ1) is 13.8. The van der Waals surface area contributed by atoms with Crippen molar-refractivity contribution in [2.45, 2.75) is 25.6 Å². The second kappa shape index (κ2) is 8.46. The smallest absolute Gasteiger partial charge is 0.392 e. The Hall–Kier alpha value is -3.16. The zero-order chi connectivity index (χ0) is 21.0. The van der Waals surface area contributed by atoms with Gasteiger partial charge in [0.25, 0.3) is 0 Å². The Morgan fingerprint density at radius 2 is 1.86 bits per heavy atom. The minimum Gasteiger partial charge on any atom is -0.455 e. The van der Waals surface area contributed by atoms with Gasteiger partial charge in [0.05, 0.1) is 5.92 Å². The van der Waals surface area contributed by atoms with Crippen molar-refractivity contribution in [2.75, 3.05) is 0 Å². The highest BCUT2D eigenvalue weighted by atomic mass is 19.4. The Labute approximate surface area is 164 Å². The Kier molecular flexibility index (Phi) is 6.00. The number of hydrogen-bond acceptors (Lipinski definition) is 5. The van der Waals surface area contributed by atoms with E-state index in [0.29, 0.717) is 5.39 Å². The highest BCUT2D eigenvalue weighted by molar-refractivity contribution is 5.94. The molecule has 1 aromatic carbocycles. The van der Waals surface area contributed by atoms with Gasteiger partial charge in [0.2, 0.25) is 5.88 Å². The molecule has 0 aliphatic heterocycles. The van der Waals surface area contributed by atoms with Gasteiger partial charge in [-0.1, -0.05) is 31.2 Å². The quantitative estimate of drug-likeness (QED) is 0.429. The minimum atomic E-state index is -4.38. The fourth-order valence-corrected chi connectivity index (χ4v) is 3.17. The van der Waals surface area contributed by atoms with E-state index in [1.54, 1.807) is 18.2 Å². The Morgan fingerprint density at radius 1 is 1.14 bits per heavy atom. The number of allylic oxidation sites excluding steroid dienone is 1. The van der Waals surface area contributed by atoms with Gasteiger partial charge in [-0.25, -0.2) is 14.6 Å². The first kappa shape index (κ1) is 20.6. The molecule has 3 rings (SSSR count). The van der Waals surface area contributed by atoms with E-state index in [4.69, 9.17) is 9.47 Å². The summed E-state index contributed by atoms with van der Waals surface area (Å²) < 4.78 is 49.3. The first-order valence-electron chi connectivity index (χ1n) is 8.93. The van der Waals surface area contributed by atoms with Crippen LogP contribution in [-0.4, -0.2) is 29.2 Å². The van der Waals surface area contributed by atoms with E-state index in [-0.39, 0.29) is 12.3 Å². The highest BCUT2D eigenvalue weighted by Crippen LogP contribution is 2.39. The Balaban J connectivity index is 1.61. The van der Waals surface area contributed by atoms with Crippen LogP contribution < -0.4 is 4.74 Å². The molecule has 0 saturated carbocycles. The summed E-state index contributed by atoms with van der Waals surface area (Å²) in [5.74, 6) is -4.22. The van der Waals surface area contributed by atoms with Crippen molar-refractivity contribution in [3.05, 3.63) is 60.8 Å². The van der Waals surface area contributed by atoms with Gasteiger partial charge in [-0.3, -0.25) is 0 Å². The molecule has 0 radical (unpaired) electrons. The minimum absolute atomic E-state index is 0.0861. The lowest BCUT2D eigenvalue weighted by atomic mass is 9.82. The van der Waals surface area contributed by atoms with Gasteiger partial charge in [0.15, 0.2) is 0 Å². The number of carbonyl (C=O) groups is 2. The maximum Gasteiger partial charge on any atom is 0.392 e. The van der Waals surface area contributed by atoms with Gasteiger partial charge in [0.1, 0.15) is 6.10 Å². The molecule has 3 atom stereocenters. The monoisotopic (exact) mass is 405 g/mol. The van der Waals surface area contributed by atoms with Crippen molar-refractivity contribution in [1.29, 1.82) is 0 Å². The summed E-state index contributed by atoms with van der Waals surface area (Å²) in [5.41, 5.74) is 0. The molecular weight excluding hydrogens is 387 g/mol. The highest BCUT2D eigenvalue weighted by Gasteiger charge is 2.46. The molecule has 0 bridgehead atoms. The van der Waals surface area contributed by atoms with Crippen molar-refractivity contribution in [1.82, 2.24) is 4.98 Å². The molecule has 0 N–H and O–H groups in total. The molecule has 1 heterocycles. The van der Waals surface area contributed by atoms with Crippen LogP contribution >= 0.6 is 0 Å². The molecule has 0 fully saturated rings. The standard InChI is InChI=1S/C21H18F3NO4/c1-13-16(21(22,23)24)7-4-8-17(13)28-18(26)9-10-19(27)29-20-15-6-3-2-5-14(15)11-12-25-20/h2-6,8-13,16-17H,7H2,1H3/b10-9-. The summed E-state index contributed by atoms with van der Waals surface area (Å²) in [6.45, 7) is 1.38. The molecule has 0 spiro atoms. The molecule has 152 valence electrons. The molecule has 8 heteroatoms. The van der Waals surface area contributed by atoms with Crippen molar-refractivity contribution in [3.8, 4) is 5.88 Å². The number of pyridine rings is 1. The summed E-state index contributed by atoms with van der Waals surface area (Å²) in [7, 11) is 0. The van der Waals surface area contributed by atoms with Crippen molar-refractivity contribution in [2.24, 2.45) is 11.8 Å². The summed E-state index contributed by atoms with van der Waals surface area (Å²) >= 11 is 0. The van der Waals surface area contributed by atoms with Crippen LogP contribution in [0.3, 0.4) is 0 Å². The van der Waals surface area contributed by atoms with Crippen LogP contribution in [0.15, 0.2) is 60.8 Å². The average Bonchev–Trinajstić information content (AvgIpc) is 2.67. The van der Waals surface area contributed by atoms with Crippen LogP contribution in [0.2, 0.25) is 0 Å². The molecule has 3 unspecified atom stereocenters. The molecular formula is C21H18F3NO4.